The second-order valence-electron chi connectivity index (χ2n) is 8.69. The van der Waals surface area contributed by atoms with E-state index in [0.29, 0.717) is 10.8 Å². The summed E-state index contributed by atoms with van der Waals surface area (Å²) in [7, 11) is 0. The van der Waals surface area contributed by atoms with Gasteiger partial charge in [-0.1, -0.05) is 67.2 Å². The molecular formula is C19H39Ce-. The maximum atomic E-state index is 2.36. The first kappa shape index (κ1) is 23.6. The van der Waals surface area contributed by atoms with Gasteiger partial charge >= 0.3 is 0 Å². The minimum Gasteiger partial charge on any atom is -0.358 e. The molecule has 2 aliphatic rings. The van der Waals surface area contributed by atoms with Gasteiger partial charge < -0.3 is 7.43 Å². The van der Waals surface area contributed by atoms with Crippen molar-refractivity contribution in [1.29, 1.82) is 0 Å². The quantitative estimate of drug-likeness (QED) is 0.383. The summed E-state index contributed by atoms with van der Waals surface area (Å²) in [4.78, 5) is 0. The Morgan fingerprint density at radius 3 is 0.850 bits per heavy atom. The smallest absolute Gasteiger partial charge is 0 e. The van der Waals surface area contributed by atoms with Gasteiger partial charge in [-0.25, -0.2) is 0 Å². The largest absolute Gasteiger partial charge is 0.358 e. The maximum absolute atomic E-state index is 2.36. The summed E-state index contributed by atoms with van der Waals surface area (Å²) in [5, 5.41) is 0. The standard InChI is InChI=1S/2C9H18.CH3.Ce/c2*1-9(2,3)8-6-4-5-7-8;;/h2*8H,4-7H2,1-3H3;1H3;/q;;-1;. The molecule has 0 spiro atoms. The molecule has 0 aromatic rings. The van der Waals surface area contributed by atoms with Crippen molar-refractivity contribution in [2.45, 2.75) is 92.9 Å². The van der Waals surface area contributed by atoms with E-state index in [2.05, 4.69) is 41.5 Å². The summed E-state index contributed by atoms with van der Waals surface area (Å²) in [5.41, 5.74) is 1.16. The summed E-state index contributed by atoms with van der Waals surface area (Å²) >= 11 is 0. The Balaban J connectivity index is 0. The van der Waals surface area contributed by atoms with Crippen LogP contribution in [-0.4, -0.2) is 0 Å². The van der Waals surface area contributed by atoms with Gasteiger partial charge in [0, 0.05) is 41.7 Å². The van der Waals surface area contributed by atoms with Crippen molar-refractivity contribution in [2.75, 3.05) is 0 Å². The first-order valence-electron chi connectivity index (χ1n) is 8.21. The number of rotatable bonds is 0. The minimum absolute atomic E-state index is 0. The third kappa shape index (κ3) is 8.73. The predicted octanol–water partition coefficient (Wildman–Crippen LogP) is 6.90. The zero-order valence-electron chi connectivity index (χ0n) is 15.3. The van der Waals surface area contributed by atoms with Crippen LogP contribution in [0.1, 0.15) is 92.9 Å². The van der Waals surface area contributed by atoms with Crippen molar-refractivity contribution >= 4 is 0 Å². The molecule has 0 unspecified atom stereocenters. The molecule has 0 aromatic heterocycles. The molecule has 0 amide bonds. The fraction of sp³-hybridized carbons (Fsp3) is 0.947. The number of hydrogen-bond donors (Lipinski definition) is 0. The average molecular weight is 408 g/mol. The third-order valence-corrected chi connectivity index (χ3v) is 5.16. The van der Waals surface area contributed by atoms with Gasteiger partial charge in [0.1, 0.15) is 0 Å². The first-order chi connectivity index (χ1) is 8.21. The van der Waals surface area contributed by atoms with Crippen LogP contribution in [0.15, 0.2) is 0 Å². The van der Waals surface area contributed by atoms with Crippen molar-refractivity contribution in [3.63, 3.8) is 0 Å². The Morgan fingerprint density at radius 1 is 0.550 bits per heavy atom. The molecule has 20 heavy (non-hydrogen) atoms. The fourth-order valence-corrected chi connectivity index (χ4v) is 3.58. The van der Waals surface area contributed by atoms with Gasteiger partial charge in [0.05, 0.1) is 0 Å². The van der Waals surface area contributed by atoms with Gasteiger partial charge in [0.15, 0.2) is 0 Å². The zero-order valence-corrected chi connectivity index (χ0v) is 18.5. The molecule has 0 aromatic carbocycles. The minimum atomic E-state index is 0. The molecule has 2 fully saturated rings. The molecule has 1 heteroatoms. The molecule has 2 saturated carbocycles. The van der Waals surface area contributed by atoms with Crippen LogP contribution in [0.3, 0.4) is 0 Å². The van der Waals surface area contributed by atoms with Crippen LogP contribution in [0.2, 0.25) is 0 Å². The average Bonchev–Trinajstić information content (AvgIpc) is 2.91. The molecular weight excluding hydrogens is 368 g/mol. The summed E-state index contributed by atoms with van der Waals surface area (Å²) in [6.07, 6.45) is 11.8. The first-order valence-corrected chi connectivity index (χ1v) is 8.21. The molecule has 2 rings (SSSR count). The van der Waals surface area contributed by atoms with Gasteiger partial charge in [-0.15, -0.1) is 0 Å². The molecule has 0 atom stereocenters. The Bertz CT molecular complexity index is 193. The van der Waals surface area contributed by atoms with E-state index in [1.165, 1.54) is 51.4 Å². The van der Waals surface area contributed by atoms with E-state index < -0.39 is 0 Å². The summed E-state index contributed by atoms with van der Waals surface area (Å²) in [5.74, 6) is 2.02. The van der Waals surface area contributed by atoms with Crippen molar-refractivity contribution in [1.82, 2.24) is 0 Å². The van der Waals surface area contributed by atoms with Crippen LogP contribution >= 0.6 is 0 Å². The van der Waals surface area contributed by atoms with E-state index in [1.807, 2.05) is 0 Å². The Morgan fingerprint density at radius 2 is 0.750 bits per heavy atom. The van der Waals surface area contributed by atoms with E-state index in [4.69, 9.17) is 0 Å². The second kappa shape index (κ2) is 10.2. The van der Waals surface area contributed by atoms with Crippen molar-refractivity contribution in [3.05, 3.63) is 7.43 Å². The summed E-state index contributed by atoms with van der Waals surface area (Å²) in [6, 6.07) is 0. The Hall–Kier alpha value is 1.38. The summed E-state index contributed by atoms with van der Waals surface area (Å²) in [6.45, 7) is 14.2. The molecule has 0 nitrogen and oxygen atoms in total. The monoisotopic (exact) mass is 407 g/mol. The van der Waals surface area contributed by atoms with E-state index in [-0.39, 0.29) is 49.2 Å². The Labute approximate surface area is 163 Å². The van der Waals surface area contributed by atoms with Crippen LogP contribution in [-0.2, 0) is 0 Å². The molecule has 0 bridgehead atoms. The third-order valence-electron chi connectivity index (χ3n) is 5.16. The molecule has 0 saturated heterocycles. The molecule has 0 N–H and O–H groups in total. The molecule has 0 radical (unpaired) electrons. The maximum Gasteiger partial charge on any atom is 0 e. The van der Waals surface area contributed by atoms with E-state index in [0.717, 1.165) is 11.8 Å². The van der Waals surface area contributed by atoms with Gasteiger partial charge in [0.25, 0.3) is 0 Å². The molecule has 0 aliphatic heterocycles. The Kier molecular flexibility index (Phi) is 12.1. The van der Waals surface area contributed by atoms with Crippen molar-refractivity contribution in [3.8, 4) is 0 Å². The zero-order chi connectivity index (χ0) is 13.8. The van der Waals surface area contributed by atoms with Crippen molar-refractivity contribution < 1.29 is 41.7 Å². The van der Waals surface area contributed by atoms with Gasteiger partial charge in [-0.05, 0) is 48.3 Å². The second-order valence-corrected chi connectivity index (χ2v) is 8.69. The summed E-state index contributed by atoms with van der Waals surface area (Å²) < 4.78 is 0. The van der Waals surface area contributed by atoms with E-state index in [9.17, 15) is 0 Å². The fourth-order valence-electron chi connectivity index (χ4n) is 3.58. The number of hydrogen-bond acceptors (Lipinski definition) is 0. The normalized spacial score (nSPS) is 20.7. The van der Waals surface area contributed by atoms with E-state index in [1.54, 1.807) is 0 Å². The van der Waals surface area contributed by atoms with Crippen molar-refractivity contribution in [2.24, 2.45) is 22.7 Å². The topological polar surface area (TPSA) is 0 Å². The van der Waals surface area contributed by atoms with E-state index >= 15 is 0 Å². The molecule has 0 heterocycles. The van der Waals surface area contributed by atoms with Crippen LogP contribution in [0.4, 0.5) is 0 Å². The predicted molar refractivity (Wildman–Crippen MR) is 89.2 cm³/mol. The van der Waals surface area contributed by atoms with Gasteiger partial charge in [0.2, 0.25) is 0 Å². The molecule has 2 aliphatic carbocycles. The molecule has 120 valence electrons. The van der Waals surface area contributed by atoms with Gasteiger partial charge in [-0.3, -0.25) is 0 Å². The SMILES string of the molecule is CC(C)(C)C1CCCC1.CC(C)(C)C1CCCC1.[CH3-].[Ce]. The van der Waals surface area contributed by atoms with Crippen LogP contribution < -0.4 is 0 Å². The van der Waals surface area contributed by atoms with Crippen LogP contribution in [0.25, 0.3) is 0 Å². The van der Waals surface area contributed by atoms with Gasteiger partial charge in [-0.2, -0.15) is 0 Å². The van der Waals surface area contributed by atoms with Crippen LogP contribution in [0.5, 0.6) is 0 Å². The van der Waals surface area contributed by atoms with Crippen LogP contribution in [0, 0.1) is 71.8 Å².